The number of aromatic nitrogens is 1. The lowest BCUT2D eigenvalue weighted by molar-refractivity contribution is 0.281. The Kier molecular flexibility index (Phi) is 4.88. The van der Waals surface area contributed by atoms with Gasteiger partial charge in [-0.3, -0.25) is 0 Å². The van der Waals surface area contributed by atoms with E-state index in [4.69, 9.17) is 39.9 Å². The second-order valence-electron chi connectivity index (χ2n) is 3.92. The number of anilines is 1. The Morgan fingerprint density at radius 1 is 1.05 bits per heavy atom. The highest BCUT2D eigenvalue weighted by Gasteiger charge is 2.07. The van der Waals surface area contributed by atoms with E-state index in [2.05, 4.69) is 10.3 Å². The molecule has 0 radical (unpaired) electrons. The smallest absolute Gasteiger partial charge is 0.150 e. The first-order chi connectivity index (χ1) is 9.10. The summed E-state index contributed by atoms with van der Waals surface area (Å²) in [5.41, 5.74) is 1.86. The maximum absolute atomic E-state index is 9.07. The molecule has 0 atom stereocenters. The van der Waals surface area contributed by atoms with Crippen LogP contribution in [0.15, 0.2) is 30.3 Å². The van der Waals surface area contributed by atoms with Crippen LogP contribution in [0.1, 0.15) is 11.1 Å². The molecule has 1 aromatic heterocycles. The van der Waals surface area contributed by atoms with Gasteiger partial charge >= 0.3 is 0 Å². The molecule has 1 aromatic carbocycles. The third-order valence-electron chi connectivity index (χ3n) is 2.52. The summed E-state index contributed by atoms with van der Waals surface area (Å²) >= 11 is 17.7. The third-order valence-corrected chi connectivity index (χ3v) is 3.48. The molecular formula is C13H11Cl3N2O. The molecule has 0 spiro atoms. The van der Waals surface area contributed by atoms with Gasteiger partial charge in [0, 0.05) is 6.54 Å². The third kappa shape index (κ3) is 3.74. The quantitative estimate of drug-likeness (QED) is 0.833. The Morgan fingerprint density at radius 2 is 1.79 bits per heavy atom. The number of rotatable bonds is 4. The van der Waals surface area contributed by atoms with Crippen LogP contribution in [0, 0.1) is 0 Å². The topological polar surface area (TPSA) is 45.1 Å². The predicted molar refractivity (Wildman–Crippen MR) is 79.0 cm³/mol. The summed E-state index contributed by atoms with van der Waals surface area (Å²) in [5.74, 6) is 0.477. The highest BCUT2D eigenvalue weighted by atomic mass is 35.5. The summed E-state index contributed by atoms with van der Waals surface area (Å²) in [6, 6.07) is 9.13. The molecule has 2 N–H and O–H groups in total. The first kappa shape index (κ1) is 14.4. The SMILES string of the molecule is OCc1cccc(CNc2nc(Cl)c(Cl)cc2Cl)c1. The zero-order chi connectivity index (χ0) is 13.8. The fourth-order valence-corrected chi connectivity index (χ4v) is 2.16. The molecule has 19 heavy (non-hydrogen) atoms. The molecule has 0 aliphatic rings. The predicted octanol–water partition coefficient (Wildman–Crippen LogP) is 4.15. The van der Waals surface area contributed by atoms with Crippen molar-refractivity contribution in [1.29, 1.82) is 0 Å². The van der Waals surface area contributed by atoms with Crippen LogP contribution in [-0.2, 0) is 13.2 Å². The number of nitrogens with one attached hydrogen (secondary N) is 1. The molecule has 0 fully saturated rings. The van der Waals surface area contributed by atoms with Crippen molar-refractivity contribution in [2.45, 2.75) is 13.2 Å². The lowest BCUT2D eigenvalue weighted by atomic mass is 10.1. The zero-order valence-electron chi connectivity index (χ0n) is 9.83. The van der Waals surface area contributed by atoms with Gasteiger partial charge in [-0.1, -0.05) is 59.1 Å². The maximum atomic E-state index is 9.07. The van der Waals surface area contributed by atoms with Crippen LogP contribution in [-0.4, -0.2) is 10.1 Å². The second kappa shape index (κ2) is 6.44. The lowest BCUT2D eigenvalue weighted by Crippen LogP contribution is -2.03. The van der Waals surface area contributed by atoms with Crippen molar-refractivity contribution in [3.05, 3.63) is 56.7 Å². The fourth-order valence-electron chi connectivity index (χ4n) is 1.59. The van der Waals surface area contributed by atoms with Crippen molar-refractivity contribution >= 4 is 40.6 Å². The maximum Gasteiger partial charge on any atom is 0.150 e. The van der Waals surface area contributed by atoms with E-state index in [1.807, 2.05) is 24.3 Å². The van der Waals surface area contributed by atoms with Crippen molar-refractivity contribution in [3.8, 4) is 0 Å². The molecule has 0 aliphatic carbocycles. The molecule has 100 valence electrons. The minimum atomic E-state index is 0.0135. The van der Waals surface area contributed by atoms with Gasteiger partial charge in [0.1, 0.15) is 11.0 Å². The number of nitrogens with zero attached hydrogens (tertiary/aromatic N) is 1. The Hall–Kier alpha value is -1.000. The summed E-state index contributed by atoms with van der Waals surface area (Å²) in [5, 5.41) is 13.1. The van der Waals surface area contributed by atoms with Crippen LogP contribution in [0.3, 0.4) is 0 Å². The van der Waals surface area contributed by atoms with Crippen LogP contribution < -0.4 is 5.32 Å². The molecule has 2 rings (SSSR count). The molecule has 3 nitrogen and oxygen atoms in total. The van der Waals surface area contributed by atoms with Crippen molar-refractivity contribution in [2.75, 3.05) is 5.32 Å². The van der Waals surface area contributed by atoms with Crippen LogP contribution in [0.25, 0.3) is 0 Å². The van der Waals surface area contributed by atoms with Crippen molar-refractivity contribution in [1.82, 2.24) is 4.98 Å². The van der Waals surface area contributed by atoms with Gasteiger partial charge in [-0.25, -0.2) is 4.98 Å². The summed E-state index contributed by atoms with van der Waals surface area (Å²) < 4.78 is 0. The molecule has 0 amide bonds. The summed E-state index contributed by atoms with van der Waals surface area (Å²) in [4.78, 5) is 4.07. The van der Waals surface area contributed by atoms with Gasteiger partial charge in [-0.05, 0) is 17.2 Å². The van der Waals surface area contributed by atoms with E-state index in [0.29, 0.717) is 22.4 Å². The molecule has 0 saturated carbocycles. The van der Waals surface area contributed by atoms with E-state index in [1.165, 1.54) is 0 Å². The number of aliphatic hydroxyl groups excluding tert-OH is 1. The van der Waals surface area contributed by atoms with Crippen LogP contribution in [0.2, 0.25) is 15.2 Å². The van der Waals surface area contributed by atoms with Gasteiger partial charge in [0.2, 0.25) is 0 Å². The minimum absolute atomic E-state index is 0.0135. The number of pyridine rings is 1. The van der Waals surface area contributed by atoms with E-state index >= 15 is 0 Å². The molecule has 0 saturated heterocycles. The number of benzene rings is 1. The molecule has 0 aliphatic heterocycles. The van der Waals surface area contributed by atoms with E-state index in [9.17, 15) is 0 Å². The average Bonchev–Trinajstić information content (AvgIpc) is 2.41. The summed E-state index contributed by atoms with van der Waals surface area (Å²) in [6.45, 7) is 0.540. The summed E-state index contributed by atoms with van der Waals surface area (Å²) in [7, 11) is 0. The monoisotopic (exact) mass is 316 g/mol. The normalized spacial score (nSPS) is 10.5. The van der Waals surface area contributed by atoms with Crippen LogP contribution >= 0.6 is 34.8 Å². The first-order valence-corrected chi connectivity index (χ1v) is 6.67. The van der Waals surface area contributed by atoms with Gasteiger partial charge in [0.05, 0.1) is 16.7 Å². The van der Waals surface area contributed by atoms with Crippen molar-refractivity contribution in [2.24, 2.45) is 0 Å². The number of hydrogen-bond acceptors (Lipinski definition) is 3. The fraction of sp³-hybridized carbons (Fsp3) is 0.154. The number of hydrogen-bond donors (Lipinski definition) is 2. The molecule has 2 aromatic rings. The Balaban J connectivity index is 2.12. The Labute approximate surface area is 126 Å². The van der Waals surface area contributed by atoms with Crippen LogP contribution in [0.5, 0.6) is 0 Å². The lowest BCUT2D eigenvalue weighted by Gasteiger charge is -2.09. The average molecular weight is 318 g/mol. The number of aliphatic hydroxyl groups is 1. The molecular weight excluding hydrogens is 307 g/mol. The largest absolute Gasteiger partial charge is 0.392 e. The Bertz CT molecular complexity index is 590. The molecule has 6 heteroatoms. The zero-order valence-corrected chi connectivity index (χ0v) is 12.1. The first-order valence-electron chi connectivity index (χ1n) is 5.54. The van der Waals surface area contributed by atoms with E-state index in [0.717, 1.165) is 11.1 Å². The van der Waals surface area contributed by atoms with E-state index < -0.39 is 0 Å². The molecule has 1 heterocycles. The Morgan fingerprint density at radius 3 is 2.53 bits per heavy atom. The van der Waals surface area contributed by atoms with Gasteiger partial charge in [-0.2, -0.15) is 0 Å². The van der Waals surface area contributed by atoms with Crippen molar-refractivity contribution in [3.63, 3.8) is 0 Å². The standard InChI is InChI=1S/C13H11Cl3N2O/c14-10-5-11(15)13(18-12(10)16)17-6-8-2-1-3-9(4-8)7-19/h1-5,19H,6-7H2,(H,17,18). The second-order valence-corrected chi connectivity index (χ2v) is 5.10. The van der Waals surface area contributed by atoms with Crippen molar-refractivity contribution < 1.29 is 5.11 Å². The minimum Gasteiger partial charge on any atom is -0.392 e. The highest BCUT2D eigenvalue weighted by Crippen LogP contribution is 2.29. The summed E-state index contributed by atoms with van der Waals surface area (Å²) in [6.07, 6.45) is 0. The van der Waals surface area contributed by atoms with Crippen LogP contribution in [0.4, 0.5) is 5.82 Å². The van der Waals surface area contributed by atoms with E-state index in [-0.39, 0.29) is 11.8 Å². The van der Waals surface area contributed by atoms with E-state index in [1.54, 1.807) is 6.07 Å². The molecule has 0 bridgehead atoms. The molecule has 0 unspecified atom stereocenters. The van der Waals surface area contributed by atoms with Gasteiger partial charge in [0.15, 0.2) is 0 Å². The van der Waals surface area contributed by atoms with Gasteiger partial charge in [-0.15, -0.1) is 0 Å². The highest BCUT2D eigenvalue weighted by molar-refractivity contribution is 6.42. The van der Waals surface area contributed by atoms with Gasteiger partial charge in [0.25, 0.3) is 0 Å². The number of halogens is 3. The van der Waals surface area contributed by atoms with Gasteiger partial charge < -0.3 is 10.4 Å².